The van der Waals surface area contributed by atoms with Gasteiger partial charge in [-0.1, -0.05) is 54.2 Å². The molecule has 1 fully saturated rings. The van der Waals surface area contributed by atoms with Crippen molar-refractivity contribution < 1.29 is 4.79 Å². The summed E-state index contributed by atoms with van der Waals surface area (Å²) < 4.78 is 2.08. The lowest BCUT2D eigenvalue weighted by atomic mass is 10.1. The van der Waals surface area contributed by atoms with E-state index in [1.807, 2.05) is 60.5 Å². The van der Waals surface area contributed by atoms with Gasteiger partial charge in [-0.2, -0.15) is 0 Å². The molecule has 2 aromatic carbocycles. The molecule has 4 rings (SSSR count). The number of hydrogen-bond acceptors (Lipinski definition) is 3. The van der Waals surface area contributed by atoms with E-state index in [9.17, 15) is 4.79 Å². The zero-order valence-corrected chi connectivity index (χ0v) is 15.1. The van der Waals surface area contributed by atoms with Gasteiger partial charge in [0.25, 0.3) is 0 Å². The average Bonchev–Trinajstić information content (AvgIpc) is 3.29. The summed E-state index contributed by atoms with van der Waals surface area (Å²) in [6.07, 6.45) is 2.20. The second kappa shape index (κ2) is 6.92. The molecular formula is C20H21N3OS. The molecule has 0 unspecified atom stereocenters. The lowest BCUT2D eigenvalue weighted by Crippen LogP contribution is -2.31. The molecule has 0 spiro atoms. The van der Waals surface area contributed by atoms with Crippen LogP contribution in [-0.2, 0) is 11.8 Å². The number of thioether (sulfide) groups is 1. The van der Waals surface area contributed by atoms with Crippen LogP contribution in [0, 0.1) is 0 Å². The fraction of sp³-hybridized carbons (Fsp3) is 0.300. The minimum Gasteiger partial charge on any atom is -0.341 e. The van der Waals surface area contributed by atoms with Crippen molar-refractivity contribution in [2.45, 2.75) is 23.2 Å². The number of hydrogen-bond donors (Lipinski definition) is 0. The number of imidazole rings is 1. The third-order valence-corrected chi connectivity index (χ3v) is 6.00. The van der Waals surface area contributed by atoms with Crippen molar-refractivity contribution in [3.63, 3.8) is 0 Å². The Hall–Kier alpha value is -2.27. The molecular weight excluding hydrogens is 330 g/mol. The second-order valence-electron chi connectivity index (χ2n) is 6.38. The molecule has 3 aromatic rings. The summed E-state index contributed by atoms with van der Waals surface area (Å²) in [5, 5.41) is 0.623. The van der Waals surface area contributed by atoms with Crippen molar-refractivity contribution in [1.29, 1.82) is 0 Å². The van der Waals surface area contributed by atoms with Crippen LogP contribution in [-0.4, -0.2) is 33.4 Å². The van der Waals surface area contributed by atoms with Gasteiger partial charge in [-0.15, -0.1) is 0 Å². The number of carbonyl (C=O) groups excluding carboxylic acids is 1. The quantitative estimate of drug-likeness (QED) is 0.666. The van der Waals surface area contributed by atoms with Gasteiger partial charge in [-0.3, -0.25) is 4.79 Å². The van der Waals surface area contributed by atoms with Crippen molar-refractivity contribution in [2.24, 2.45) is 7.05 Å². The van der Waals surface area contributed by atoms with E-state index in [0.717, 1.165) is 47.7 Å². The molecule has 1 aliphatic heterocycles. The van der Waals surface area contributed by atoms with Gasteiger partial charge in [-0.05, 0) is 30.5 Å². The van der Waals surface area contributed by atoms with Crippen LogP contribution in [0.2, 0.25) is 0 Å². The molecule has 1 atom stereocenters. The standard InChI is InChI=1S/C20H21N3OS/c1-22-17-12-6-5-11-16(17)21-20(22)25-18(15-9-3-2-4-10-15)19(24)23-13-7-8-14-23/h2-6,9-12,18H,7-8,13-14H2,1H3/t18-/m1/s1. The molecule has 4 nitrogen and oxygen atoms in total. The van der Waals surface area contributed by atoms with E-state index in [4.69, 9.17) is 4.98 Å². The first-order chi connectivity index (χ1) is 12.2. The summed E-state index contributed by atoms with van der Waals surface area (Å²) in [7, 11) is 2.01. The van der Waals surface area contributed by atoms with E-state index >= 15 is 0 Å². The highest BCUT2D eigenvalue weighted by Gasteiger charge is 2.30. The van der Waals surface area contributed by atoms with Crippen molar-refractivity contribution >= 4 is 28.7 Å². The molecule has 1 aromatic heterocycles. The van der Waals surface area contributed by atoms with Crippen LogP contribution in [0.1, 0.15) is 23.7 Å². The minimum atomic E-state index is -0.255. The zero-order valence-electron chi connectivity index (χ0n) is 14.3. The van der Waals surface area contributed by atoms with E-state index in [1.165, 1.54) is 0 Å². The van der Waals surface area contributed by atoms with Gasteiger partial charge >= 0.3 is 0 Å². The summed E-state index contributed by atoms with van der Waals surface area (Å²) in [5.74, 6) is 0.195. The van der Waals surface area contributed by atoms with Crippen LogP contribution in [0.3, 0.4) is 0 Å². The SMILES string of the molecule is Cn1c(S[C@@H](C(=O)N2CCCC2)c2ccccc2)nc2ccccc21. The number of likely N-dealkylation sites (tertiary alicyclic amines) is 1. The highest BCUT2D eigenvalue weighted by atomic mass is 32.2. The van der Waals surface area contributed by atoms with Crippen LogP contribution >= 0.6 is 11.8 Å². The summed E-state index contributed by atoms with van der Waals surface area (Å²) in [4.78, 5) is 19.9. The fourth-order valence-electron chi connectivity index (χ4n) is 3.33. The summed E-state index contributed by atoms with van der Waals surface area (Å²) in [6.45, 7) is 1.73. The Labute approximate surface area is 151 Å². The minimum absolute atomic E-state index is 0.195. The van der Waals surface area contributed by atoms with Crippen molar-refractivity contribution in [3.05, 3.63) is 60.2 Å². The fourth-order valence-corrected chi connectivity index (χ4v) is 4.49. The van der Waals surface area contributed by atoms with Crippen LogP contribution in [0.15, 0.2) is 59.8 Å². The number of carbonyl (C=O) groups is 1. The molecule has 0 N–H and O–H groups in total. The van der Waals surface area contributed by atoms with Gasteiger partial charge < -0.3 is 9.47 Å². The number of aromatic nitrogens is 2. The topological polar surface area (TPSA) is 38.1 Å². The van der Waals surface area contributed by atoms with Gasteiger partial charge in [0.1, 0.15) is 5.25 Å². The Bertz CT molecular complexity index is 884. The maximum atomic E-state index is 13.1. The Kier molecular flexibility index (Phi) is 4.49. The van der Waals surface area contributed by atoms with Crippen LogP contribution in [0.5, 0.6) is 0 Å². The number of rotatable bonds is 4. The normalized spacial score (nSPS) is 15.6. The second-order valence-corrected chi connectivity index (χ2v) is 7.46. The third kappa shape index (κ3) is 3.16. The largest absolute Gasteiger partial charge is 0.341 e. The summed E-state index contributed by atoms with van der Waals surface area (Å²) in [6, 6.07) is 18.1. The van der Waals surface area contributed by atoms with E-state index in [1.54, 1.807) is 11.8 Å². The lowest BCUT2D eigenvalue weighted by molar-refractivity contribution is -0.129. The highest BCUT2D eigenvalue weighted by Crippen LogP contribution is 2.37. The first kappa shape index (κ1) is 16.2. The molecule has 0 bridgehead atoms. The molecule has 25 heavy (non-hydrogen) atoms. The molecule has 2 heterocycles. The van der Waals surface area contributed by atoms with E-state index < -0.39 is 0 Å². The van der Waals surface area contributed by atoms with Gasteiger partial charge in [0.2, 0.25) is 5.91 Å². The highest BCUT2D eigenvalue weighted by molar-refractivity contribution is 8.00. The lowest BCUT2D eigenvalue weighted by Gasteiger charge is -2.23. The Morgan fingerprint density at radius 1 is 1.04 bits per heavy atom. The predicted octanol–water partition coefficient (Wildman–Crippen LogP) is 4.03. The summed E-state index contributed by atoms with van der Waals surface area (Å²) in [5.41, 5.74) is 3.09. The van der Waals surface area contributed by atoms with Gasteiger partial charge in [0.05, 0.1) is 11.0 Å². The number of fused-ring (bicyclic) bond motifs is 1. The van der Waals surface area contributed by atoms with Crippen LogP contribution in [0.25, 0.3) is 11.0 Å². The molecule has 0 aliphatic carbocycles. The first-order valence-corrected chi connectivity index (χ1v) is 9.54. The monoisotopic (exact) mass is 351 g/mol. The Balaban J connectivity index is 1.70. The van der Waals surface area contributed by atoms with Gasteiger partial charge in [-0.25, -0.2) is 4.98 Å². The number of aryl methyl sites for hydroxylation is 1. The first-order valence-electron chi connectivity index (χ1n) is 8.66. The number of para-hydroxylation sites is 2. The van der Waals surface area contributed by atoms with Gasteiger partial charge in [0.15, 0.2) is 5.16 Å². The molecule has 1 saturated heterocycles. The maximum absolute atomic E-state index is 13.1. The molecule has 1 amide bonds. The number of nitrogens with zero attached hydrogens (tertiary/aromatic N) is 3. The van der Waals surface area contributed by atoms with Crippen molar-refractivity contribution in [1.82, 2.24) is 14.5 Å². The van der Waals surface area contributed by atoms with Crippen molar-refractivity contribution in [2.75, 3.05) is 13.1 Å². The van der Waals surface area contributed by atoms with Crippen LogP contribution < -0.4 is 0 Å². The zero-order chi connectivity index (χ0) is 17.2. The summed E-state index contributed by atoms with van der Waals surface area (Å²) >= 11 is 1.55. The van der Waals surface area contributed by atoms with Crippen molar-refractivity contribution in [3.8, 4) is 0 Å². The molecule has 0 radical (unpaired) electrons. The van der Waals surface area contributed by atoms with E-state index in [2.05, 4.69) is 10.6 Å². The third-order valence-electron chi connectivity index (χ3n) is 4.71. The van der Waals surface area contributed by atoms with Gasteiger partial charge in [0, 0.05) is 20.1 Å². The molecule has 5 heteroatoms. The number of benzene rings is 2. The number of amides is 1. The average molecular weight is 351 g/mol. The Morgan fingerprint density at radius 2 is 1.72 bits per heavy atom. The molecule has 0 saturated carbocycles. The van der Waals surface area contributed by atoms with E-state index in [0.29, 0.717) is 0 Å². The molecule has 1 aliphatic rings. The maximum Gasteiger partial charge on any atom is 0.240 e. The smallest absolute Gasteiger partial charge is 0.240 e. The van der Waals surface area contributed by atoms with E-state index in [-0.39, 0.29) is 11.2 Å². The Morgan fingerprint density at radius 3 is 2.44 bits per heavy atom. The predicted molar refractivity (Wildman–Crippen MR) is 102 cm³/mol. The van der Waals surface area contributed by atoms with Crippen LogP contribution in [0.4, 0.5) is 0 Å². The molecule has 128 valence electrons.